The first kappa shape index (κ1) is 23.7. The molecule has 0 radical (unpaired) electrons. The summed E-state index contributed by atoms with van der Waals surface area (Å²) in [5, 5.41) is 17.1. The molecule has 0 fully saturated rings. The lowest BCUT2D eigenvalue weighted by atomic mass is 9.98. The highest BCUT2D eigenvalue weighted by atomic mass is 16.3. The molecule has 1 atom stereocenters. The normalized spacial score (nSPS) is 11.3. The number of carbonyl (C=O) groups is 3. The number of nitrogens with one attached hydrogen (secondary N) is 3. The summed E-state index contributed by atoms with van der Waals surface area (Å²) in [6.45, 7) is 1.42. The van der Waals surface area contributed by atoms with Crippen LogP contribution in [0.5, 0.6) is 0 Å². The van der Waals surface area contributed by atoms with E-state index in [1.165, 1.54) is 0 Å². The maximum atomic E-state index is 12.6. The van der Waals surface area contributed by atoms with Crippen LogP contribution in [-0.4, -0.2) is 35.9 Å². The van der Waals surface area contributed by atoms with Gasteiger partial charge in [0.15, 0.2) is 0 Å². The molecule has 0 saturated heterocycles. The van der Waals surface area contributed by atoms with Crippen molar-refractivity contribution in [1.29, 1.82) is 0 Å². The molecule has 0 aliphatic heterocycles. The summed E-state index contributed by atoms with van der Waals surface area (Å²) < 4.78 is 0. The third kappa shape index (κ3) is 7.02. The highest BCUT2D eigenvalue weighted by Gasteiger charge is 2.17. The van der Waals surface area contributed by atoms with Crippen LogP contribution in [-0.2, 0) is 16.2 Å². The summed E-state index contributed by atoms with van der Waals surface area (Å²) >= 11 is 0. The summed E-state index contributed by atoms with van der Waals surface area (Å²) in [4.78, 5) is 36.8. The van der Waals surface area contributed by atoms with E-state index in [4.69, 9.17) is 5.11 Å². The van der Waals surface area contributed by atoms with Crippen LogP contribution in [0.25, 0.3) is 0 Å². The molecule has 7 nitrogen and oxygen atoms in total. The van der Waals surface area contributed by atoms with Gasteiger partial charge in [0.05, 0.1) is 25.7 Å². The van der Waals surface area contributed by atoms with Crippen LogP contribution in [0.3, 0.4) is 0 Å². The van der Waals surface area contributed by atoms with E-state index in [1.54, 1.807) is 24.3 Å². The molecule has 7 heteroatoms. The SMILES string of the molecule is Cc1ccc(C(NC(=O)CNC(=O)CNC(=O)c2ccc(CO)cc2)c2ccccc2)cc1. The van der Waals surface area contributed by atoms with E-state index < -0.39 is 11.8 Å². The maximum Gasteiger partial charge on any atom is 0.251 e. The van der Waals surface area contributed by atoms with E-state index in [0.717, 1.165) is 16.7 Å². The smallest absolute Gasteiger partial charge is 0.251 e. The van der Waals surface area contributed by atoms with Gasteiger partial charge < -0.3 is 21.1 Å². The zero-order valence-corrected chi connectivity index (χ0v) is 18.4. The van der Waals surface area contributed by atoms with E-state index in [2.05, 4.69) is 16.0 Å². The van der Waals surface area contributed by atoms with Gasteiger partial charge in [0.25, 0.3) is 5.91 Å². The number of aliphatic hydroxyl groups is 1. The molecule has 3 aromatic carbocycles. The number of amides is 3. The Morgan fingerprint density at radius 2 is 1.36 bits per heavy atom. The predicted molar refractivity (Wildman–Crippen MR) is 125 cm³/mol. The summed E-state index contributed by atoms with van der Waals surface area (Å²) in [5.41, 5.74) is 4.05. The summed E-state index contributed by atoms with van der Waals surface area (Å²) in [6.07, 6.45) is 0. The van der Waals surface area contributed by atoms with Gasteiger partial charge in [-0.15, -0.1) is 0 Å². The van der Waals surface area contributed by atoms with Crippen molar-refractivity contribution in [1.82, 2.24) is 16.0 Å². The zero-order valence-electron chi connectivity index (χ0n) is 18.4. The Morgan fingerprint density at radius 1 is 0.758 bits per heavy atom. The molecule has 3 rings (SSSR count). The molecule has 0 bridgehead atoms. The van der Waals surface area contributed by atoms with Gasteiger partial charge in [0, 0.05) is 5.56 Å². The Labute approximate surface area is 192 Å². The van der Waals surface area contributed by atoms with Crippen molar-refractivity contribution in [3.8, 4) is 0 Å². The van der Waals surface area contributed by atoms with Crippen LogP contribution < -0.4 is 16.0 Å². The Balaban J connectivity index is 1.52. The first-order chi connectivity index (χ1) is 16.0. The van der Waals surface area contributed by atoms with Crippen LogP contribution in [0.2, 0.25) is 0 Å². The molecule has 3 amide bonds. The summed E-state index contributed by atoms with van der Waals surface area (Å²) in [7, 11) is 0. The molecule has 0 spiro atoms. The van der Waals surface area contributed by atoms with Gasteiger partial charge in [-0.05, 0) is 35.7 Å². The topological polar surface area (TPSA) is 108 Å². The lowest BCUT2D eigenvalue weighted by Crippen LogP contribution is -2.42. The first-order valence-electron chi connectivity index (χ1n) is 10.6. The van der Waals surface area contributed by atoms with Crippen LogP contribution in [0, 0.1) is 6.92 Å². The summed E-state index contributed by atoms with van der Waals surface area (Å²) in [6, 6.07) is 23.6. The van der Waals surface area contributed by atoms with Gasteiger partial charge in [-0.2, -0.15) is 0 Å². The molecular formula is C26H27N3O4. The average Bonchev–Trinajstić information content (AvgIpc) is 2.85. The van der Waals surface area contributed by atoms with Crippen molar-refractivity contribution in [3.63, 3.8) is 0 Å². The van der Waals surface area contributed by atoms with Gasteiger partial charge in [-0.1, -0.05) is 72.3 Å². The Kier molecular flexibility index (Phi) is 8.32. The van der Waals surface area contributed by atoms with E-state index in [-0.39, 0.29) is 31.6 Å². The van der Waals surface area contributed by atoms with Crippen molar-refractivity contribution in [2.24, 2.45) is 0 Å². The minimum atomic E-state index is -0.475. The Morgan fingerprint density at radius 3 is 2.00 bits per heavy atom. The fraction of sp³-hybridized carbons (Fsp3) is 0.192. The largest absolute Gasteiger partial charge is 0.392 e. The minimum absolute atomic E-state index is 0.110. The second-order valence-electron chi connectivity index (χ2n) is 7.64. The second kappa shape index (κ2) is 11.6. The van der Waals surface area contributed by atoms with Gasteiger partial charge >= 0.3 is 0 Å². The molecule has 0 aliphatic carbocycles. The number of aliphatic hydroxyl groups excluding tert-OH is 1. The molecule has 170 valence electrons. The van der Waals surface area contributed by atoms with Crippen molar-refractivity contribution in [2.75, 3.05) is 13.1 Å². The van der Waals surface area contributed by atoms with E-state index in [0.29, 0.717) is 11.1 Å². The van der Waals surface area contributed by atoms with Gasteiger partial charge in [-0.25, -0.2) is 0 Å². The Hall–Kier alpha value is -3.97. The zero-order chi connectivity index (χ0) is 23.6. The van der Waals surface area contributed by atoms with Crippen LogP contribution >= 0.6 is 0 Å². The number of benzene rings is 3. The standard InChI is InChI=1S/C26H27N3O4/c1-18-7-11-21(12-8-18)25(20-5-3-2-4-6-20)29-24(32)16-27-23(31)15-28-26(33)22-13-9-19(17-30)10-14-22/h2-14,25,30H,15-17H2,1H3,(H,27,31)(H,28,33)(H,29,32). The monoisotopic (exact) mass is 445 g/mol. The highest BCUT2D eigenvalue weighted by molar-refractivity contribution is 5.96. The molecule has 0 aliphatic rings. The maximum absolute atomic E-state index is 12.6. The predicted octanol–water partition coefficient (Wildman–Crippen LogP) is 2.24. The highest BCUT2D eigenvalue weighted by Crippen LogP contribution is 2.22. The van der Waals surface area contributed by atoms with E-state index >= 15 is 0 Å². The molecular weight excluding hydrogens is 418 g/mol. The Bertz CT molecular complexity index is 1080. The van der Waals surface area contributed by atoms with E-state index in [9.17, 15) is 14.4 Å². The van der Waals surface area contributed by atoms with Gasteiger partial charge in [-0.3, -0.25) is 14.4 Å². The fourth-order valence-corrected chi connectivity index (χ4v) is 3.24. The van der Waals surface area contributed by atoms with Gasteiger partial charge in [0.2, 0.25) is 11.8 Å². The molecule has 4 N–H and O–H groups in total. The van der Waals surface area contributed by atoms with E-state index in [1.807, 2.05) is 61.5 Å². The quantitative estimate of drug-likeness (QED) is 0.405. The average molecular weight is 446 g/mol. The minimum Gasteiger partial charge on any atom is -0.392 e. The number of aryl methyl sites for hydroxylation is 1. The lowest BCUT2D eigenvalue weighted by Gasteiger charge is -2.20. The molecule has 1 unspecified atom stereocenters. The summed E-state index contributed by atoms with van der Waals surface area (Å²) in [5.74, 6) is -1.23. The van der Waals surface area contributed by atoms with Crippen LogP contribution in [0.15, 0.2) is 78.9 Å². The van der Waals surface area contributed by atoms with Crippen molar-refractivity contribution in [3.05, 3.63) is 107 Å². The third-order valence-corrected chi connectivity index (χ3v) is 5.10. The third-order valence-electron chi connectivity index (χ3n) is 5.10. The molecule has 0 saturated carbocycles. The van der Waals surface area contributed by atoms with Crippen molar-refractivity contribution >= 4 is 17.7 Å². The first-order valence-corrected chi connectivity index (χ1v) is 10.6. The molecule has 3 aromatic rings. The number of carbonyl (C=O) groups excluding carboxylic acids is 3. The molecule has 0 aromatic heterocycles. The van der Waals surface area contributed by atoms with Crippen molar-refractivity contribution < 1.29 is 19.5 Å². The second-order valence-corrected chi connectivity index (χ2v) is 7.64. The van der Waals surface area contributed by atoms with Crippen molar-refractivity contribution in [2.45, 2.75) is 19.6 Å². The van der Waals surface area contributed by atoms with Crippen LogP contribution in [0.1, 0.15) is 38.7 Å². The molecule has 0 heterocycles. The van der Waals surface area contributed by atoms with Gasteiger partial charge in [0.1, 0.15) is 0 Å². The number of rotatable bonds is 9. The number of hydrogen-bond donors (Lipinski definition) is 4. The lowest BCUT2D eigenvalue weighted by molar-refractivity contribution is -0.125. The number of hydrogen-bond acceptors (Lipinski definition) is 4. The fourth-order valence-electron chi connectivity index (χ4n) is 3.24. The molecule has 33 heavy (non-hydrogen) atoms. The van der Waals surface area contributed by atoms with Crippen LogP contribution in [0.4, 0.5) is 0 Å².